The van der Waals surface area contributed by atoms with Gasteiger partial charge in [-0.15, -0.1) is 11.3 Å². The fourth-order valence-electron chi connectivity index (χ4n) is 1.80. The van der Waals surface area contributed by atoms with Crippen molar-refractivity contribution in [2.45, 2.75) is 26.7 Å². The Morgan fingerprint density at radius 2 is 2.11 bits per heavy atom. The lowest BCUT2D eigenvalue weighted by Crippen LogP contribution is -2.08. The Kier molecular flexibility index (Phi) is 4.93. The third-order valence-electron chi connectivity index (χ3n) is 2.75. The van der Waals surface area contributed by atoms with Crippen LogP contribution in [-0.4, -0.2) is 34.8 Å². The fourth-order valence-corrected chi connectivity index (χ4v) is 2.77. The Morgan fingerprint density at radius 3 is 2.79 bits per heavy atom. The summed E-state index contributed by atoms with van der Waals surface area (Å²) >= 11 is 1.71. The number of aromatic nitrogens is 2. The maximum Gasteiger partial charge on any atom is 0.226 e. The van der Waals surface area contributed by atoms with Gasteiger partial charge in [-0.05, 0) is 25.8 Å². The van der Waals surface area contributed by atoms with E-state index in [0.29, 0.717) is 18.9 Å². The van der Waals surface area contributed by atoms with E-state index in [4.69, 9.17) is 5.11 Å². The van der Waals surface area contributed by atoms with Gasteiger partial charge >= 0.3 is 0 Å². The van der Waals surface area contributed by atoms with Gasteiger partial charge < -0.3 is 15.7 Å². The van der Waals surface area contributed by atoms with Crippen LogP contribution in [0.25, 0.3) is 10.2 Å². The van der Waals surface area contributed by atoms with Gasteiger partial charge in [-0.3, -0.25) is 0 Å². The highest BCUT2D eigenvalue weighted by molar-refractivity contribution is 7.18. The van der Waals surface area contributed by atoms with E-state index in [-0.39, 0.29) is 6.61 Å². The normalized spacial score (nSPS) is 10.9. The molecule has 0 spiro atoms. The van der Waals surface area contributed by atoms with Crippen molar-refractivity contribution in [3.8, 4) is 0 Å². The van der Waals surface area contributed by atoms with E-state index < -0.39 is 0 Å². The number of thiophene rings is 1. The van der Waals surface area contributed by atoms with E-state index in [1.165, 1.54) is 4.88 Å². The fraction of sp³-hybridized carbons (Fsp3) is 0.538. The summed E-state index contributed by atoms with van der Waals surface area (Å²) in [6.45, 7) is 5.87. The van der Waals surface area contributed by atoms with E-state index in [9.17, 15) is 0 Å². The molecule has 3 N–H and O–H groups in total. The van der Waals surface area contributed by atoms with E-state index >= 15 is 0 Å². The summed E-state index contributed by atoms with van der Waals surface area (Å²) < 4.78 is 0. The Morgan fingerprint density at radius 1 is 1.26 bits per heavy atom. The molecule has 0 radical (unpaired) electrons. The van der Waals surface area contributed by atoms with E-state index in [2.05, 4.69) is 33.6 Å². The molecule has 0 amide bonds. The quantitative estimate of drug-likeness (QED) is 0.680. The summed E-state index contributed by atoms with van der Waals surface area (Å²) in [5.41, 5.74) is 0. The van der Waals surface area contributed by atoms with Crippen molar-refractivity contribution in [3.63, 3.8) is 0 Å². The number of aryl methyl sites for hydroxylation is 1. The molecule has 0 bridgehead atoms. The molecule has 0 fully saturated rings. The molecule has 19 heavy (non-hydrogen) atoms. The molecular weight excluding hydrogens is 260 g/mol. The molecule has 2 aromatic rings. The van der Waals surface area contributed by atoms with Crippen molar-refractivity contribution >= 4 is 33.3 Å². The largest absolute Gasteiger partial charge is 0.396 e. The number of nitrogens with zero attached hydrogens (tertiary/aromatic N) is 2. The standard InChI is InChI=1S/C13H20N4OS/c1-3-9-8-10-11(15-6-5-7-18)16-13(14-4-2)17-12(10)19-9/h8,18H,3-7H2,1-2H3,(H2,14,15,16,17). The Labute approximate surface area is 117 Å². The number of hydrogen-bond acceptors (Lipinski definition) is 6. The van der Waals surface area contributed by atoms with Gasteiger partial charge in [0.1, 0.15) is 10.6 Å². The Bertz CT molecular complexity index is 541. The highest BCUT2D eigenvalue weighted by Gasteiger charge is 2.10. The lowest BCUT2D eigenvalue weighted by molar-refractivity contribution is 0.292. The van der Waals surface area contributed by atoms with E-state index in [1.54, 1.807) is 11.3 Å². The highest BCUT2D eigenvalue weighted by atomic mass is 32.1. The van der Waals surface area contributed by atoms with Gasteiger partial charge in [0.2, 0.25) is 5.95 Å². The van der Waals surface area contributed by atoms with Crippen LogP contribution in [0.15, 0.2) is 6.07 Å². The zero-order chi connectivity index (χ0) is 13.7. The van der Waals surface area contributed by atoms with Crippen LogP contribution in [0.2, 0.25) is 0 Å². The second-order valence-corrected chi connectivity index (χ2v) is 5.33. The van der Waals surface area contributed by atoms with Crippen molar-refractivity contribution in [1.82, 2.24) is 9.97 Å². The lowest BCUT2D eigenvalue weighted by Gasteiger charge is -2.08. The molecule has 0 unspecified atom stereocenters. The maximum atomic E-state index is 8.86. The number of hydrogen-bond donors (Lipinski definition) is 3. The highest BCUT2D eigenvalue weighted by Crippen LogP contribution is 2.30. The zero-order valence-electron chi connectivity index (χ0n) is 11.4. The smallest absolute Gasteiger partial charge is 0.226 e. The van der Waals surface area contributed by atoms with Crippen molar-refractivity contribution < 1.29 is 5.11 Å². The topological polar surface area (TPSA) is 70.1 Å². The van der Waals surface area contributed by atoms with E-state index in [0.717, 1.165) is 29.0 Å². The number of fused-ring (bicyclic) bond motifs is 1. The molecule has 5 nitrogen and oxygen atoms in total. The van der Waals surface area contributed by atoms with Crippen LogP contribution >= 0.6 is 11.3 Å². The SMILES string of the molecule is CCNc1nc(NCCCO)c2cc(CC)sc2n1. The van der Waals surface area contributed by atoms with Crippen molar-refractivity contribution in [1.29, 1.82) is 0 Å². The first-order valence-electron chi connectivity index (χ1n) is 6.67. The summed E-state index contributed by atoms with van der Waals surface area (Å²) in [7, 11) is 0. The van der Waals surface area contributed by atoms with Crippen LogP contribution in [0.5, 0.6) is 0 Å². The number of rotatable bonds is 7. The molecule has 0 aliphatic rings. The molecule has 2 heterocycles. The second-order valence-electron chi connectivity index (χ2n) is 4.22. The van der Waals surface area contributed by atoms with Crippen LogP contribution in [0, 0.1) is 0 Å². The summed E-state index contributed by atoms with van der Waals surface area (Å²) in [6, 6.07) is 2.15. The van der Waals surface area contributed by atoms with Crippen molar-refractivity contribution in [2.24, 2.45) is 0 Å². The van der Waals surface area contributed by atoms with Gasteiger partial charge in [-0.2, -0.15) is 4.98 Å². The minimum absolute atomic E-state index is 0.186. The number of aliphatic hydroxyl groups excluding tert-OH is 1. The minimum atomic E-state index is 0.186. The molecule has 0 aliphatic heterocycles. The average molecular weight is 280 g/mol. The van der Waals surface area contributed by atoms with Gasteiger partial charge in [0, 0.05) is 24.6 Å². The van der Waals surface area contributed by atoms with Crippen molar-refractivity contribution in [3.05, 3.63) is 10.9 Å². The predicted octanol–water partition coefficient (Wildman–Crippen LogP) is 2.48. The molecule has 6 heteroatoms. The first-order valence-corrected chi connectivity index (χ1v) is 7.49. The molecule has 0 aromatic carbocycles. The first-order chi connectivity index (χ1) is 9.28. The van der Waals surface area contributed by atoms with Crippen molar-refractivity contribution in [2.75, 3.05) is 30.3 Å². The van der Waals surface area contributed by atoms with Gasteiger partial charge in [0.15, 0.2) is 0 Å². The monoisotopic (exact) mass is 280 g/mol. The van der Waals surface area contributed by atoms with Crippen LogP contribution < -0.4 is 10.6 Å². The summed E-state index contributed by atoms with van der Waals surface area (Å²) in [5.74, 6) is 1.51. The van der Waals surface area contributed by atoms with Crippen LogP contribution in [0.1, 0.15) is 25.1 Å². The number of aliphatic hydroxyl groups is 1. The van der Waals surface area contributed by atoms with Crippen LogP contribution in [0.3, 0.4) is 0 Å². The summed E-state index contributed by atoms with van der Waals surface area (Å²) in [4.78, 5) is 11.3. The van der Waals surface area contributed by atoms with Gasteiger partial charge in [0.05, 0.1) is 5.39 Å². The second kappa shape index (κ2) is 6.68. The number of nitrogens with one attached hydrogen (secondary N) is 2. The molecule has 2 aromatic heterocycles. The third-order valence-corrected chi connectivity index (χ3v) is 3.93. The third kappa shape index (κ3) is 3.33. The lowest BCUT2D eigenvalue weighted by atomic mass is 10.3. The Hall–Kier alpha value is -1.40. The van der Waals surface area contributed by atoms with Gasteiger partial charge in [0.25, 0.3) is 0 Å². The molecule has 0 atom stereocenters. The molecule has 104 valence electrons. The van der Waals surface area contributed by atoms with Gasteiger partial charge in [-0.1, -0.05) is 6.92 Å². The van der Waals surface area contributed by atoms with E-state index in [1.807, 2.05) is 6.92 Å². The van der Waals surface area contributed by atoms with Gasteiger partial charge in [-0.25, -0.2) is 4.98 Å². The predicted molar refractivity (Wildman–Crippen MR) is 81.1 cm³/mol. The molecule has 0 saturated carbocycles. The molecule has 2 rings (SSSR count). The summed E-state index contributed by atoms with van der Waals surface area (Å²) in [6.07, 6.45) is 1.72. The molecule has 0 saturated heterocycles. The maximum absolute atomic E-state index is 8.86. The average Bonchev–Trinajstić information content (AvgIpc) is 2.82. The van der Waals surface area contributed by atoms with Crippen LogP contribution in [-0.2, 0) is 6.42 Å². The van der Waals surface area contributed by atoms with Crippen LogP contribution in [0.4, 0.5) is 11.8 Å². The minimum Gasteiger partial charge on any atom is -0.396 e. The number of anilines is 2. The Balaban J connectivity index is 2.35. The first kappa shape index (κ1) is 14.0. The molecule has 0 aliphatic carbocycles. The summed E-state index contributed by atoms with van der Waals surface area (Å²) in [5, 5.41) is 16.4. The zero-order valence-corrected chi connectivity index (χ0v) is 12.2. The molecular formula is C13H20N4OS.